The van der Waals surface area contributed by atoms with Crippen LogP contribution in [0.5, 0.6) is 0 Å². The van der Waals surface area contributed by atoms with Crippen molar-refractivity contribution in [3.8, 4) is 10.6 Å². The van der Waals surface area contributed by atoms with Gasteiger partial charge in [-0.25, -0.2) is 14.6 Å². The highest BCUT2D eigenvalue weighted by molar-refractivity contribution is 7.17. The van der Waals surface area contributed by atoms with Gasteiger partial charge in [0.1, 0.15) is 11.5 Å². The Morgan fingerprint density at radius 3 is 2.76 bits per heavy atom. The van der Waals surface area contributed by atoms with Crippen LogP contribution in [0.2, 0.25) is 0 Å². The van der Waals surface area contributed by atoms with Crippen molar-refractivity contribution in [3.05, 3.63) is 23.3 Å². The summed E-state index contributed by atoms with van der Waals surface area (Å²) in [7, 11) is 1.93. The van der Waals surface area contributed by atoms with Gasteiger partial charge in [0.05, 0.1) is 4.88 Å². The number of nitrogens with one attached hydrogen (secondary N) is 2. The first-order chi connectivity index (χ1) is 16.2. The summed E-state index contributed by atoms with van der Waals surface area (Å²) < 4.78 is 1.84. The molecule has 2 aliphatic heterocycles. The van der Waals surface area contributed by atoms with Gasteiger partial charge in [-0.05, 0) is 63.2 Å². The van der Waals surface area contributed by atoms with Crippen LogP contribution >= 0.6 is 11.3 Å². The summed E-state index contributed by atoms with van der Waals surface area (Å²) in [4.78, 5) is 25.2. The van der Waals surface area contributed by atoms with Crippen LogP contribution in [0.3, 0.4) is 0 Å². The van der Waals surface area contributed by atoms with Crippen LogP contribution in [0.4, 0.5) is 5.82 Å². The fourth-order valence-electron chi connectivity index (χ4n) is 4.90. The van der Waals surface area contributed by atoms with E-state index in [1.165, 1.54) is 49.9 Å². The lowest BCUT2D eigenvalue weighted by Gasteiger charge is -2.22. The number of rotatable bonds is 6. The second-order valence-electron chi connectivity index (χ2n) is 9.18. The molecule has 1 amide bonds. The average molecular weight is 468 g/mol. The van der Waals surface area contributed by atoms with Crippen LogP contribution in [-0.4, -0.2) is 58.4 Å². The number of thiazole rings is 1. The van der Waals surface area contributed by atoms with E-state index < -0.39 is 0 Å². The Morgan fingerprint density at radius 2 is 1.97 bits per heavy atom. The van der Waals surface area contributed by atoms with Crippen LogP contribution in [0.1, 0.15) is 54.7 Å². The lowest BCUT2D eigenvalue weighted by atomic mass is 9.95. The Bertz CT molecular complexity index is 1090. The molecule has 9 heteroatoms. The van der Waals surface area contributed by atoms with E-state index in [4.69, 9.17) is 10.1 Å². The van der Waals surface area contributed by atoms with E-state index in [1.54, 1.807) is 6.20 Å². The number of amides is 1. The number of hydrogen-bond donors (Lipinski definition) is 2. The number of anilines is 1. The quantitative estimate of drug-likeness (QED) is 0.576. The van der Waals surface area contributed by atoms with Crippen molar-refractivity contribution in [1.82, 2.24) is 30.4 Å². The van der Waals surface area contributed by atoms with Crippen molar-refractivity contribution in [2.75, 3.05) is 37.6 Å². The molecule has 3 aromatic rings. The fourth-order valence-corrected chi connectivity index (χ4v) is 5.73. The molecular weight excluding hydrogens is 434 g/mol. The van der Waals surface area contributed by atoms with Gasteiger partial charge in [-0.3, -0.25) is 4.79 Å². The highest BCUT2D eigenvalue weighted by Gasteiger charge is 2.20. The first-order valence-corrected chi connectivity index (χ1v) is 13.0. The largest absolute Gasteiger partial charge is 0.357 e. The van der Waals surface area contributed by atoms with E-state index in [-0.39, 0.29) is 5.91 Å². The molecule has 0 aromatic carbocycles. The van der Waals surface area contributed by atoms with E-state index in [0.29, 0.717) is 17.5 Å². The van der Waals surface area contributed by atoms with E-state index in [0.717, 1.165) is 60.0 Å². The van der Waals surface area contributed by atoms with Gasteiger partial charge in [-0.15, -0.1) is 11.3 Å². The summed E-state index contributed by atoms with van der Waals surface area (Å²) in [6.45, 7) is 5.00. The van der Waals surface area contributed by atoms with Gasteiger partial charge in [0.2, 0.25) is 0 Å². The number of nitrogens with zero attached hydrogens (tertiary/aromatic N) is 5. The lowest BCUT2D eigenvalue weighted by molar-refractivity contribution is 0.0950. The SMILES string of the molecule is Cn1nc(-c2cnc(C(=O)NCCC3CCNCC3)s2)c2ccc(N3CCCCCC3)nc21. The van der Waals surface area contributed by atoms with E-state index in [2.05, 4.69) is 32.7 Å². The summed E-state index contributed by atoms with van der Waals surface area (Å²) >= 11 is 1.40. The Morgan fingerprint density at radius 1 is 1.18 bits per heavy atom. The Balaban J connectivity index is 1.28. The van der Waals surface area contributed by atoms with Crippen LogP contribution in [0.25, 0.3) is 21.6 Å². The molecule has 176 valence electrons. The molecule has 0 saturated carbocycles. The Hall–Kier alpha value is -2.52. The van der Waals surface area contributed by atoms with Gasteiger partial charge in [0, 0.05) is 38.3 Å². The van der Waals surface area contributed by atoms with Gasteiger partial charge in [-0.1, -0.05) is 12.8 Å². The predicted octanol–water partition coefficient (Wildman–Crippen LogP) is 3.59. The molecular formula is C24H33N7OS. The van der Waals surface area contributed by atoms with Gasteiger partial charge in [0.25, 0.3) is 5.91 Å². The number of pyridine rings is 1. The summed E-state index contributed by atoms with van der Waals surface area (Å²) in [5.74, 6) is 1.63. The second kappa shape index (κ2) is 10.2. The number of aryl methyl sites for hydroxylation is 1. The standard InChI is InChI=1S/C24H33N7OS/c1-30-22-18(6-7-20(28-22)31-14-4-2-3-5-15-31)21(29-30)19-16-27-24(33-19)23(32)26-13-10-17-8-11-25-12-9-17/h6-7,16-17,25H,2-5,8-15H2,1H3,(H,26,32). The topological polar surface area (TPSA) is 88.0 Å². The highest BCUT2D eigenvalue weighted by atomic mass is 32.1. The molecule has 2 N–H and O–H groups in total. The number of piperidine rings is 1. The molecule has 0 aliphatic carbocycles. The molecule has 0 bridgehead atoms. The summed E-state index contributed by atoms with van der Waals surface area (Å²) in [5.41, 5.74) is 1.71. The Kier molecular flexibility index (Phi) is 6.87. The molecule has 0 unspecified atom stereocenters. The van der Waals surface area contributed by atoms with Crippen LogP contribution in [0.15, 0.2) is 18.3 Å². The van der Waals surface area contributed by atoms with Crippen LogP contribution in [0, 0.1) is 5.92 Å². The summed E-state index contributed by atoms with van der Waals surface area (Å²) in [6, 6.07) is 4.22. The van der Waals surface area contributed by atoms with Gasteiger partial charge >= 0.3 is 0 Å². The molecule has 0 spiro atoms. The zero-order chi connectivity index (χ0) is 22.6. The van der Waals surface area contributed by atoms with Gasteiger partial charge in [-0.2, -0.15) is 5.10 Å². The normalized spacial score (nSPS) is 17.9. The minimum absolute atomic E-state index is 0.0954. The Labute approximate surface area is 198 Å². The molecule has 0 atom stereocenters. The maximum absolute atomic E-state index is 12.6. The first-order valence-electron chi connectivity index (χ1n) is 12.2. The van der Waals surface area contributed by atoms with Gasteiger partial charge < -0.3 is 15.5 Å². The molecule has 0 radical (unpaired) electrons. The molecule has 3 aromatic heterocycles. The number of aromatic nitrogens is 4. The van der Waals surface area contributed by atoms with Gasteiger partial charge in [0.15, 0.2) is 10.7 Å². The third kappa shape index (κ3) is 5.04. The predicted molar refractivity (Wildman–Crippen MR) is 133 cm³/mol. The minimum Gasteiger partial charge on any atom is -0.357 e. The molecule has 33 heavy (non-hydrogen) atoms. The van der Waals surface area contributed by atoms with Crippen molar-refractivity contribution in [2.45, 2.75) is 44.9 Å². The lowest BCUT2D eigenvalue weighted by Crippen LogP contribution is -2.31. The van der Waals surface area contributed by atoms with Crippen LogP contribution < -0.4 is 15.5 Å². The third-order valence-electron chi connectivity index (χ3n) is 6.83. The van der Waals surface area contributed by atoms with Crippen molar-refractivity contribution < 1.29 is 4.79 Å². The molecule has 5 rings (SSSR count). The zero-order valence-electron chi connectivity index (χ0n) is 19.3. The molecule has 2 saturated heterocycles. The smallest absolute Gasteiger partial charge is 0.280 e. The van der Waals surface area contributed by atoms with E-state index >= 15 is 0 Å². The number of carbonyl (C=O) groups excluding carboxylic acids is 1. The van der Waals surface area contributed by atoms with Crippen LogP contribution in [-0.2, 0) is 7.05 Å². The molecule has 2 aliphatic rings. The zero-order valence-corrected chi connectivity index (χ0v) is 20.2. The summed E-state index contributed by atoms with van der Waals surface area (Å²) in [6.07, 6.45) is 10.2. The number of fused-ring (bicyclic) bond motifs is 1. The van der Waals surface area contributed by atoms with Crippen molar-refractivity contribution in [3.63, 3.8) is 0 Å². The maximum Gasteiger partial charge on any atom is 0.280 e. The highest BCUT2D eigenvalue weighted by Crippen LogP contribution is 2.32. The molecule has 5 heterocycles. The van der Waals surface area contributed by atoms with Crippen molar-refractivity contribution in [2.24, 2.45) is 13.0 Å². The number of hydrogen-bond acceptors (Lipinski definition) is 7. The maximum atomic E-state index is 12.6. The monoisotopic (exact) mass is 467 g/mol. The fraction of sp³-hybridized carbons (Fsp3) is 0.583. The first kappa shape index (κ1) is 22.3. The summed E-state index contributed by atoms with van der Waals surface area (Å²) in [5, 5.41) is 12.6. The van der Waals surface area contributed by atoms with E-state index in [9.17, 15) is 4.79 Å². The van der Waals surface area contributed by atoms with Crippen molar-refractivity contribution >= 4 is 34.1 Å². The molecule has 2 fully saturated rings. The molecule has 8 nitrogen and oxygen atoms in total. The number of carbonyl (C=O) groups is 1. The minimum atomic E-state index is -0.0954. The second-order valence-corrected chi connectivity index (χ2v) is 10.2. The average Bonchev–Trinajstić information content (AvgIpc) is 3.35. The van der Waals surface area contributed by atoms with Crippen molar-refractivity contribution in [1.29, 1.82) is 0 Å². The third-order valence-corrected chi connectivity index (χ3v) is 7.84. The van der Waals surface area contributed by atoms with E-state index in [1.807, 2.05) is 11.7 Å².